The summed E-state index contributed by atoms with van der Waals surface area (Å²) in [5.74, 6) is -7.80. The van der Waals surface area contributed by atoms with Crippen LogP contribution in [0.15, 0.2) is 23.3 Å². The minimum Gasteiger partial charge on any atom is -0.345 e. The van der Waals surface area contributed by atoms with Crippen molar-refractivity contribution < 1.29 is 27.3 Å². The van der Waals surface area contributed by atoms with Crippen LogP contribution in [0.5, 0.6) is 0 Å². The van der Waals surface area contributed by atoms with Crippen molar-refractivity contribution in [1.29, 1.82) is 5.26 Å². The summed E-state index contributed by atoms with van der Waals surface area (Å²) in [7, 11) is 0. The fourth-order valence-electron chi connectivity index (χ4n) is 10.2. The second kappa shape index (κ2) is 8.35. The van der Waals surface area contributed by atoms with Crippen LogP contribution in [0.2, 0.25) is 0 Å². The first-order chi connectivity index (χ1) is 19.4. The average molecular weight is 558 g/mol. The molecule has 5 aliphatic rings. The summed E-state index contributed by atoms with van der Waals surface area (Å²) < 4.78 is 51.5. The van der Waals surface area contributed by atoms with E-state index in [1.165, 1.54) is 0 Å². The van der Waals surface area contributed by atoms with Gasteiger partial charge in [0.15, 0.2) is 11.6 Å². The summed E-state index contributed by atoms with van der Waals surface area (Å²) in [5, 5.41) is 12.4. The number of allylic oxidation sites excluding steroid dienone is 4. The molecule has 3 fully saturated rings. The molecule has 0 heterocycles. The van der Waals surface area contributed by atoms with Crippen molar-refractivity contribution in [3.05, 3.63) is 23.3 Å². The number of carbonyl (C=O) groups excluding carboxylic acids is 3. The molecule has 218 valence electrons. The monoisotopic (exact) mass is 557 g/mol. The normalized spacial score (nSPS) is 45.0. The molecule has 7 heteroatoms. The van der Waals surface area contributed by atoms with E-state index in [-0.39, 0.29) is 28.5 Å². The third-order valence-electron chi connectivity index (χ3n) is 12.5. The van der Waals surface area contributed by atoms with Crippen molar-refractivity contribution in [2.24, 2.45) is 44.8 Å². The smallest absolute Gasteiger partial charge is 0.321 e. The molecule has 0 aromatic rings. The predicted octanol–water partition coefficient (Wildman–Crippen LogP) is 6.73. The van der Waals surface area contributed by atoms with Gasteiger partial charge in [0, 0.05) is 33.3 Å². The first-order valence-electron chi connectivity index (χ1n) is 16.1. The SMILES string of the molecule is [2H]C([2H])([2H])C(F)(F)C(=O)N[C@]12CCC(C)(C)C[C@H]1[C@H]1C(=O)C=C3[C@@]4(C)C=C(C#N)C(=O)C(C)(C)[C@@H]4CC[C@@]3(C)[C@]1(C)CC2. The zero-order chi connectivity index (χ0) is 32.4. The fourth-order valence-corrected chi connectivity index (χ4v) is 10.2. The molecular formula is C33H44F2N2O3. The van der Waals surface area contributed by atoms with Gasteiger partial charge in [0.25, 0.3) is 5.91 Å². The number of hydrogen-bond acceptors (Lipinski definition) is 4. The van der Waals surface area contributed by atoms with E-state index in [0.29, 0.717) is 32.1 Å². The van der Waals surface area contributed by atoms with E-state index in [1.54, 1.807) is 12.2 Å². The highest BCUT2D eigenvalue weighted by Crippen LogP contribution is 2.73. The third kappa shape index (κ3) is 3.69. The Morgan fingerprint density at radius 2 is 1.73 bits per heavy atom. The molecule has 40 heavy (non-hydrogen) atoms. The van der Waals surface area contributed by atoms with Gasteiger partial charge in [-0.05, 0) is 79.1 Å². The molecule has 7 atom stereocenters. The van der Waals surface area contributed by atoms with Gasteiger partial charge in [0.2, 0.25) is 0 Å². The number of carbonyl (C=O) groups is 3. The number of hydrogen-bond donors (Lipinski definition) is 1. The van der Waals surface area contributed by atoms with Crippen LogP contribution in [0.4, 0.5) is 8.78 Å². The van der Waals surface area contributed by atoms with Crippen LogP contribution < -0.4 is 5.32 Å². The van der Waals surface area contributed by atoms with E-state index in [4.69, 9.17) is 4.11 Å². The molecule has 0 bridgehead atoms. The fraction of sp³-hybridized carbons (Fsp3) is 0.758. The van der Waals surface area contributed by atoms with E-state index >= 15 is 0 Å². The Hall–Kier alpha value is -2.36. The number of amides is 1. The summed E-state index contributed by atoms with van der Waals surface area (Å²) >= 11 is 0. The molecule has 0 radical (unpaired) electrons. The van der Waals surface area contributed by atoms with Gasteiger partial charge in [-0.15, -0.1) is 0 Å². The predicted molar refractivity (Wildman–Crippen MR) is 148 cm³/mol. The van der Waals surface area contributed by atoms with Crippen molar-refractivity contribution in [2.45, 2.75) is 112 Å². The van der Waals surface area contributed by atoms with Crippen molar-refractivity contribution in [3.63, 3.8) is 0 Å². The van der Waals surface area contributed by atoms with Crippen LogP contribution in [-0.2, 0) is 14.4 Å². The third-order valence-corrected chi connectivity index (χ3v) is 12.5. The summed E-state index contributed by atoms with van der Waals surface area (Å²) in [6.07, 6.45) is 7.31. The van der Waals surface area contributed by atoms with Crippen LogP contribution in [0.1, 0.15) is 104 Å². The van der Waals surface area contributed by atoms with E-state index in [9.17, 15) is 28.4 Å². The highest BCUT2D eigenvalue weighted by Gasteiger charge is 2.70. The summed E-state index contributed by atoms with van der Waals surface area (Å²) in [5.41, 5.74) is -2.87. The molecule has 0 aliphatic heterocycles. The molecule has 0 aromatic carbocycles. The number of alkyl halides is 2. The molecule has 1 amide bonds. The average Bonchev–Trinajstić information content (AvgIpc) is 2.87. The first-order valence-corrected chi connectivity index (χ1v) is 14.6. The van der Waals surface area contributed by atoms with Gasteiger partial charge in [-0.25, -0.2) is 0 Å². The van der Waals surface area contributed by atoms with Crippen molar-refractivity contribution >= 4 is 17.5 Å². The molecule has 3 saturated carbocycles. The highest BCUT2D eigenvalue weighted by molar-refractivity contribution is 6.04. The Labute approximate surface area is 241 Å². The maximum atomic E-state index is 14.8. The van der Waals surface area contributed by atoms with Crippen LogP contribution in [-0.4, -0.2) is 28.9 Å². The van der Waals surface area contributed by atoms with E-state index in [0.717, 1.165) is 18.4 Å². The van der Waals surface area contributed by atoms with Gasteiger partial charge in [-0.3, -0.25) is 14.4 Å². The largest absolute Gasteiger partial charge is 0.345 e. The van der Waals surface area contributed by atoms with E-state index in [1.807, 2.05) is 20.8 Å². The Morgan fingerprint density at radius 3 is 2.35 bits per heavy atom. The van der Waals surface area contributed by atoms with E-state index in [2.05, 4.69) is 39.1 Å². The van der Waals surface area contributed by atoms with Crippen molar-refractivity contribution in [2.75, 3.05) is 0 Å². The number of nitriles is 1. The second-order valence-corrected chi connectivity index (χ2v) is 15.4. The van der Waals surface area contributed by atoms with E-state index < -0.39 is 57.7 Å². The lowest BCUT2D eigenvalue weighted by atomic mass is 9.35. The van der Waals surface area contributed by atoms with Crippen LogP contribution in [0.25, 0.3) is 0 Å². The summed E-state index contributed by atoms with van der Waals surface area (Å²) in [6, 6.07) is 2.10. The number of ketones is 2. The topological polar surface area (TPSA) is 87.0 Å². The Morgan fingerprint density at radius 1 is 1.07 bits per heavy atom. The van der Waals surface area contributed by atoms with Gasteiger partial charge in [-0.2, -0.15) is 14.0 Å². The Balaban J connectivity index is 1.65. The van der Waals surface area contributed by atoms with Crippen LogP contribution in [0.3, 0.4) is 0 Å². The molecule has 5 nitrogen and oxygen atoms in total. The Bertz CT molecular complexity index is 1410. The lowest BCUT2D eigenvalue weighted by molar-refractivity contribution is -0.168. The molecule has 1 N–H and O–H groups in total. The number of nitrogens with zero attached hydrogens (tertiary/aromatic N) is 1. The van der Waals surface area contributed by atoms with Gasteiger partial charge in [-0.1, -0.05) is 60.1 Å². The zero-order valence-corrected chi connectivity index (χ0v) is 24.8. The minimum absolute atomic E-state index is 0.102. The van der Waals surface area contributed by atoms with Crippen LogP contribution >= 0.6 is 0 Å². The summed E-state index contributed by atoms with van der Waals surface area (Å²) in [6.45, 7) is 10.5. The molecule has 0 spiro atoms. The lowest BCUT2D eigenvalue weighted by Gasteiger charge is -2.69. The van der Waals surface area contributed by atoms with Crippen molar-refractivity contribution in [1.82, 2.24) is 5.32 Å². The molecule has 0 aromatic heterocycles. The van der Waals surface area contributed by atoms with Gasteiger partial charge >= 0.3 is 5.92 Å². The Kier molecular flexibility index (Phi) is 5.30. The summed E-state index contributed by atoms with van der Waals surface area (Å²) in [4.78, 5) is 40.7. The quantitative estimate of drug-likeness (QED) is 0.408. The molecule has 5 aliphatic carbocycles. The number of nitrogens with one attached hydrogen (secondary N) is 1. The molecule has 5 rings (SSSR count). The second-order valence-electron chi connectivity index (χ2n) is 15.4. The number of halogens is 2. The molecule has 0 unspecified atom stereocenters. The number of rotatable bonds is 2. The number of Topliss-reactive ketones (excluding diaryl/α,β-unsaturated/α-hetero) is 1. The first kappa shape index (κ1) is 25.4. The van der Waals surface area contributed by atoms with Gasteiger partial charge < -0.3 is 5.32 Å². The maximum absolute atomic E-state index is 14.8. The minimum atomic E-state index is -4.56. The van der Waals surface area contributed by atoms with Crippen molar-refractivity contribution in [3.8, 4) is 6.07 Å². The lowest BCUT2D eigenvalue weighted by Crippen LogP contribution is -2.70. The standard InChI is InChI=1S/C33H44F2N2O3/c1-27(2)11-13-33(37-26(40)32(8,34)35)14-12-31(7)24(20(33)17-27)21(38)15-23-29(5)16-19(18-36)25(39)28(3,4)22(29)9-10-30(23,31)6/h15-16,20,22,24H,9-14,17H2,1-8H3,(H,37,40)/t20-,22-,24-,29-,30+,31+,33-/m0/s1/i8D3. The zero-order valence-electron chi connectivity index (χ0n) is 27.8. The van der Waals surface area contributed by atoms with Crippen LogP contribution in [0, 0.1) is 56.2 Å². The highest BCUT2D eigenvalue weighted by atomic mass is 19.3. The van der Waals surface area contributed by atoms with Gasteiger partial charge in [0.05, 0.1) is 5.57 Å². The molecule has 0 saturated heterocycles. The number of fused-ring (bicyclic) bond motifs is 7. The van der Waals surface area contributed by atoms with Gasteiger partial charge in [0.1, 0.15) is 6.07 Å². The maximum Gasteiger partial charge on any atom is 0.321 e. The molecular weight excluding hydrogens is 510 g/mol.